The molecule has 0 atom stereocenters. The molecule has 3 aromatic carbocycles. The molecule has 0 aliphatic rings. The molecule has 1 heterocycles. The first-order valence-corrected chi connectivity index (χ1v) is 11.9. The smallest absolute Gasteiger partial charge is 0.263 e. The highest BCUT2D eigenvalue weighted by Gasteiger charge is 2.19. The third kappa shape index (κ3) is 4.79. The van der Waals surface area contributed by atoms with E-state index < -0.39 is 10.0 Å². The summed E-state index contributed by atoms with van der Waals surface area (Å²) >= 11 is 0.914. The molecule has 0 unspecified atom stereocenters. The molecule has 1 N–H and O–H groups in total. The molecule has 0 fully saturated rings. The average molecular weight is 479 g/mol. The van der Waals surface area contributed by atoms with Crippen LogP contribution in [0.25, 0.3) is 11.1 Å². The standard InChI is InChI=1S/C23H18N4O4S2/c1-15-4-3-5-20(16-6-8-18(30-2)9-7-16)22(15)31-21-11-10-19(12-17(21)13-24)33(28,29)27-23-25-14-26-32-23/h3-12,14H,1-2H3,(H,25,26,27). The first-order valence-electron chi connectivity index (χ1n) is 9.67. The molecule has 4 rings (SSSR count). The van der Waals surface area contributed by atoms with Gasteiger partial charge >= 0.3 is 0 Å². The Balaban J connectivity index is 1.69. The molecule has 1 aromatic heterocycles. The summed E-state index contributed by atoms with van der Waals surface area (Å²) in [5.74, 6) is 1.55. The topological polar surface area (TPSA) is 114 Å². The predicted molar refractivity (Wildman–Crippen MR) is 125 cm³/mol. The Morgan fingerprint density at radius 3 is 2.55 bits per heavy atom. The number of nitrogens with zero attached hydrogens (tertiary/aromatic N) is 3. The van der Waals surface area contributed by atoms with Crippen molar-refractivity contribution in [2.75, 3.05) is 11.8 Å². The van der Waals surface area contributed by atoms with Crippen LogP contribution in [-0.4, -0.2) is 24.9 Å². The van der Waals surface area contributed by atoms with Gasteiger partial charge in [0.15, 0.2) is 0 Å². The van der Waals surface area contributed by atoms with Crippen molar-refractivity contribution >= 4 is 26.7 Å². The summed E-state index contributed by atoms with van der Waals surface area (Å²) in [6.45, 7) is 1.90. The van der Waals surface area contributed by atoms with Crippen LogP contribution in [0.4, 0.5) is 5.13 Å². The minimum absolute atomic E-state index is 0.0817. The minimum Gasteiger partial charge on any atom is -0.497 e. The second kappa shape index (κ2) is 9.28. The summed E-state index contributed by atoms with van der Waals surface area (Å²) in [5.41, 5.74) is 2.69. The number of ether oxygens (including phenoxy) is 2. The largest absolute Gasteiger partial charge is 0.497 e. The molecule has 33 heavy (non-hydrogen) atoms. The number of benzene rings is 3. The van der Waals surface area contributed by atoms with Crippen molar-refractivity contribution in [3.63, 3.8) is 0 Å². The van der Waals surface area contributed by atoms with E-state index in [1.165, 1.54) is 24.5 Å². The number of hydrogen-bond acceptors (Lipinski definition) is 8. The van der Waals surface area contributed by atoms with Crippen molar-refractivity contribution in [1.29, 1.82) is 5.26 Å². The van der Waals surface area contributed by atoms with Crippen molar-refractivity contribution < 1.29 is 17.9 Å². The first kappa shape index (κ1) is 22.3. The molecule has 0 saturated heterocycles. The fourth-order valence-electron chi connectivity index (χ4n) is 3.14. The van der Waals surface area contributed by atoms with Gasteiger partial charge in [0.1, 0.15) is 29.6 Å². The van der Waals surface area contributed by atoms with Crippen LogP contribution < -0.4 is 14.2 Å². The summed E-state index contributed by atoms with van der Waals surface area (Å²) in [4.78, 5) is 3.74. The van der Waals surface area contributed by atoms with E-state index in [1.807, 2.05) is 55.5 Å². The maximum atomic E-state index is 12.7. The van der Waals surface area contributed by atoms with E-state index in [9.17, 15) is 13.7 Å². The average Bonchev–Trinajstić information content (AvgIpc) is 3.33. The fourth-order valence-corrected chi connectivity index (χ4v) is 4.83. The molecular weight excluding hydrogens is 460 g/mol. The second-order valence-electron chi connectivity index (χ2n) is 6.90. The Hall–Kier alpha value is -3.94. The highest BCUT2D eigenvalue weighted by Crippen LogP contribution is 2.38. The Bertz CT molecular complexity index is 1430. The van der Waals surface area contributed by atoms with Crippen LogP contribution in [-0.2, 0) is 10.0 Å². The van der Waals surface area contributed by atoms with E-state index in [0.717, 1.165) is 34.0 Å². The van der Waals surface area contributed by atoms with Gasteiger partial charge in [-0.15, -0.1) is 0 Å². The first-order chi connectivity index (χ1) is 15.9. The van der Waals surface area contributed by atoms with Gasteiger partial charge in [0, 0.05) is 17.1 Å². The molecule has 0 aliphatic heterocycles. The molecule has 0 bridgehead atoms. The van der Waals surface area contributed by atoms with Crippen LogP contribution in [0.3, 0.4) is 0 Å². The molecule has 0 amide bonds. The molecule has 0 spiro atoms. The zero-order valence-electron chi connectivity index (χ0n) is 17.6. The van der Waals surface area contributed by atoms with Crippen LogP contribution >= 0.6 is 11.5 Å². The van der Waals surface area contributed by atoms with Crippen molar-refractivity contribution in [3.05, 3.63) is 78.1 Å². The van der Waals surface area contributed by atoms with Gasteiger partial charge in [-0.05, 0) is 48.4 Å². The maximum absolute atomic E-state index is 12.7. The Morgan fingerprint density at radius 2 is 1.88 bits per heavy atom. The number of nitrogens with one attached hydrogen (secondary N) is 1. The summed E-state index contributed by atoms with van der Waals surface area (Å²) in [6.07, 6.45) is 1.25. The van der Waals surface area contributed by atoms with E-state index in [-0.39, 0.29) is 21.3 Å². The summed E-state index contributed by atoms with van der Waals surface area (Å²) < 4.78 is 42.8. The van der Waals surface area contributed by atoms with Crippen molar-refractivity contribution in [1.82, 2.24) is 9.36 Å². The third-order valence-electron chi connectivity index (χ3n) is 4.79. The lowest BCUT2D eigenvalue weighted by Crippen LogP contribution is -2.13. The van der Waals surface area contributed by atoms with Gasteiger partial charge in [-0.25, -0.2) is 13.4 Å². The predicted octanol–water partition coefficient (Wildman–Crippen LogP) is 4.99. The van der Waals surface area contributed by atoms with E-state index in [4.69, 9.17) is 9.47 Å². The molecule has 10 heteroatoms. The van der Waals surface area contributed by atoms with Crippen LogP contribution in [0.15, 0.2) is 71.9 Å². The number of nitriles is 1. The monoisotopic (exact) mass is 478 g/mol. The van der Waals surface area contributed by atoms with Gasteiger partial charge < -0.3 is 9.47 Å². The number of aryl methyl sites for hydroxylation is 1. The van der Waals surface area contributed by atoms with E-state index in [0.29, 0.717) is 5.75 Å². The van der Waals surface area contributed by atoms with Crippen molar-refractivity contribution in [2.24, 2.45) is 0 Å². The molecule has 166 valence electrons. The van der Waals surface area contributed by atoms with E-state index >= 15 is 0 Å². The van der Waals surface area contributed by atoms with Gasteiger partial charge in [0.25, 0.3) is 10.0 Å². The van der Waals surface area contributed by atoms with Gasteiger partial charge in [-0.2, -0.15) is 9.64 Å². The Labute approximate surface area is 195 Å². The zero-order valence-corrected chi connectivity index (χ0v) is 19.3. The summed E-state index contributed by atoms with van der Waals surface area (Å²) in [7, 11) is -2.33. The fraction of sp³-hybridized carbons (Fsp3) is 0.0870. The maximum Gasteiger partial charge on any atom is 0.263 e. The number of anilines is 1. The van der Waals surface area contributed by atoms with Gasteiger partial charge in [-0.1, -0.05) is 30.3 Å². The molecule has 0 aliphatic carbocycles. The van der Waals surface area contributed by atoms with Gasteiger partial charge in [0.2, 0.25) is 5.13 Å². The van der Waals surface area contributed by atoms with E-state index in [1.54, 1.807) is 7.11 Å². The number of para-hydroxylation sites is 1. The Morgan fingerprint density at radius 1 is 1.09 bits per heavy atom. The summed E-state index contributed by atoms with van der Waals surface area (Å²) in [5, 5.41) is 9.81. The van der Waals surface area contributed by atoms with Gasteiger partial charge in [0.05, 0.1) is 17.6 Å². The van der Waals surface area contributed by atoms with E-state index in [2.05, 4.69) is 14.1 Å². The molecule has 0 radical (unpaired) electrons. The number of methoxy groups -OCH3 is 1. The minimum atomic E-state index is -3.93. The highest BCUT2D eigenvalue weighted by atomic mass is 32.2. The number of rotatable bonds is 7. The van der Waals surface area contributed by atoms with Crippen LogP contribution in [0.2, 0.25) is 0 Å². The number of sulfonamides is 1. The number of aromatic nitrogens is 2. The molecular formula is C23H18N4O4S2. The summed E-state index contributed by atoms with van der Waals surface area (Å²) in [6, 6.07) is 19.4. The second-order valence-corrected chi connectivity index (χ2v) is 9.37. The lowest BCUT2D eigenvalue weighted by atomic mass is 10.0. The zero-order chi connectivity index (χ0) is 23.4. The molecule has 8 nitrogen and oxygen atoms in total. The third-order valence-corrected chi connectivity index (χ3v) is 6.84. The van der Waals surface area contributed by atoms with Gasteiger partial charge in [-0.3, -0.25) is 4.72 Å². The van der Waals surface area contributed by atoms with Crippen molar-refractivity contribution in [2.45, 2.75) is 11.8 Å². The molecule has 4 aromatic rings. The van der Waals surface area contributed by atoms with Crippen LogP contribution in [0.5, 0.6) is 17.2 Å². The SMILES string of the molecule is COc1ccc(-c2cccc(C)c2Oc2ccc(S(=O)(=O)Nc3ncns3)cc2C#N)cc1. The quantitative estimate of drug-likeness (QED) is 0.398. The number of hydrogen-bond donors (Lipinski definition) is 1. The van der Waals surface area contributed by atoms with Crippen LogP contribution in [0.1, 0.15) is 11.1 Å². The normalized spacial score (nSPS) is 10.9. The Kier molecular flexibility index (Phi) is 6.26. The van der Waals surface area contributed by atoms with Crippen molar-refractivity contribution in [3.8, 4) is 34.4 Å². The highest BCUT2D eigenvalue weighted by molar-refractivity contribution is 7.93. The molecule has 0 saturated carbocycles. The lowest BCUT2D eigenvalue weighted by Gasteiger charge is -2.16. The van der Waals surface area contributed by atoms with Crippen LogP contribution in [0, 0.1) is 18.3 Å². The lowest BCUT2D eigenvalue weighted by molar-refractivity contribution is 0.415.